The molecule has 0 aromatic carbocycles. The predicted molar refractivity (Wildman–Crippen MR) is 125 cm³/mol. The molecule has 4 bridgehead atoms. The second kappa shape index (κ2) is 11.2. The zero-order valence-corrected chi connectivity index (χ0v) is 24.7. The van der Waals surface area contributed by atoms with Crippen LogP contribution in [0.3, 0.4) is 0 Å². The summed E-state index contributed by atoms with van der Waals surface area (Å²) in [6.07, 6.45) is -3.65. The Kier molecular flexibility index (Phi) is 9.09. The van der Waals surface area contributed by atoms with Crippen LogP contribution < -0.4 is 0 Å². The number of hydrogen-bond acceptors (Lipinski definition) is 4. The molecule has 4 saturated carbocycles. The predicted octanol–water partition coefficient (Wildman–Crippen LogP) is 7.25. The highest BCUT2D eigenvalue weighted by Crippen LogP contribution is 2.65. The third kappa shape index (κ3) is 5.37. The SMILES string of the molecule is O=C(OCC12CC3CC(CC(C3)C1)C2)N1CCN(S(=O)(=O)C(F)(F)C(F)(F)C(F)(F)C(F)(F)C(F)(F)C(F)(F)C(F)(F)C(F)(F)F)CC1. The molecule has 1 amide bonds. The van der Waals surface area contributed by atoms with E-state index in [2.05, 4.69) is 0 Å². The van der Waals surface area contributed by atoms with Crippen LogP contribution >= 0.6 is 0 Å². The third-order valence-electron chi connectivity index (χ3n) is 9.52. The normalized spacial score (nSPS) is 28.6. The first-order valence-corrected chi connectivity index (χ1v) is 15.4. The van der Waals surface area contributed by atoms with Gasteiger partial charge in [0.1, 0.15) is 0 Å². The smallest absolute Gasteiger partial charge is 0.449 e. The molecule has 0 atom stereocenters. The van der Waals surface area contributed by atoms with Crippen molar-refractivity contribution in [3.63, 3.8) is 0 Å². The minimum atomic E-state index is -8.89. The molecule has 1 aliphatic heterocycles. The van der Waals surface area contributed by atoms with Crippen LogP contribution in [0, 0.1) is 23.2 Å². The Morgan fingerprint density at radius 2 is 0.938 bits per heavy atom. The molecule has 280 valence electrons. The molecule has 1 saturated heterocycles. The van der Waals surface area contributed by atoms with E-state index in [9.17, 15) is 87.8 Å². The molecule has 4 aliphatic carbocycles. The van der Waals surface area contributed by atoms with Crippen molar-refractivity contribution in [2.45, 2.75) is 85.5 Å². The summed E-state index contributed by atoms with van der Waals surface area (Å²) in [6.45, 7) is -4.85. The van der Waals surface area contributed by atoms with E-state index in [0.29, 0.717) is 22.7 Å². The van der Waals surface area contributed by atoms with Crippen LogP contribution in [0.4, 0.5) is 79.4 Å². The summed E-state index contributed by atoms with van der Waals surface area (Å²) in [5, 5.41) is -7.62. The summed E-state index contributed by atoms with van der Waals surface area (Å²) >= 11 is 0. The fourth-order valence-corrected chi connectivity index (χ4v) is 8.78. The molecular formula is C24H25F17N2O4S. The molecule has 0 unspecified atom stereocenters. The average molecular weight is 761 g/mol. The van der Waals surface area contributed by atoms with E-state index in [-0.39, 0.29) is 12.0 Å². The van der Waals surface area contributed by atoms with E-state index in [1.807, 2.05) is 0 Å². The Morgan fingerprint density at radius 1 is 0.583 bits per heavy atom. The summed E-state index contributed by atoms with van der Waals surface area (Å²) in [4.78, 5) is 13.3. The minimum absolute atomic E-state index is 0.0694. The summed E-state index contributed by atoms with van der Waals surface area (Å²) < 4.78 is 260. The lowest BCUT2D eigenvalue weighted by Crippen LogP contribution is -2.75. The molecule has 5 aliphatic rings. The molecule has 0 radical (unpaired) electrons. The van der Waals surface area contributed by atoms with Crippen LogP contribution in [0.15, 0.2) is 0 Å². The van der Waals surface area contributed by atoms with Gasteiger partial charge < -0.3 is 9.64 Å². The van der Waals surface area contributed by atoms with Crippen LogP contribution in [-0.2, 0) is 14.8 Å². The molecule has 48 heavy (non-hydrogen) atoms. The van der Waals surface area contributed by atoms with Crippen LogP contribution in [-0.4, -0.2) is 103 Å². The van der Waals surface area contributed by atoms with Gasteiger partial charge in [-0.1, -0.05) is 0 Å². The van der Waals surface area contributed by atoms with Gasteiger partial charge in [-0.2, -0.15) is 78.9 Å². The van der Waals surface area contributed by atoms with E-state index < -0.39 is 93.6 Å². The van der Waals surface area contributed by atoms with E-state index >= 15 is 0 Å². The Bertz CT molecular complexity index is 1320. The maximum Gasteiger partial charge on any atom is 0.460 e. The van der Waals surface area contributed by atoms with Gasteiger partial charge in [0, 0.05) is 31.6 Å². The summed E-state index contributed by atoms with van der Waals surface area (Å²) in [6, 6.07) is 0. The maximum absolute atomic E-state index is 14.6. The van der Waals surface area contributed by atoms with Crippen molar-refractivity contribution >= 4 is 16.1 Å². The lowest BCUT2D eigenvalue weighted by Gasteiger charge is -2.56. The Labute approximate surface area is 259 Å². The number of carbonyl (C=O) groups excluding carboxylic acids is 1. The number of ether oxygens (including phenoxy) is 1. The van der Waals surface area contributed by atoms with Gasteiger partial charge in [0.15, 0.2) is 0 Å². The lowest BCUT2D eigenvalue weighted by molar-refractivity contribution is -0.458. The average Bonchev–Trinajstić information content (AvgIpc) is 2.94. The van der Waals surface area contributed by atoms with Gasteiger partial charge in [0.05, 0.1) is 6.61 Å². The standard InChI is InChI=1S/C24H25F17N2O4S/c25-17(26,19(29,30)21(33,34)23(37,38)39)18(27,28)20(31,32)22(35,36)24(40,41)48(45,46)43-3-1-42(2-4-43)15(44)47-11-16-8-12-5-13(9-16)7-14(6-12)10-16/h12-14H,1-11H2. The van der Waals surface area contributed by atoms with Crippen molar-refractivity contribution in [1.82, 2.24) is 9.21 Å². The number of hydrogen-bond donors (Lipinski definition) is 0. The largest absolute Gasteiger partial charge is 0.460 e. The second-order valence-electron chi connectivity index (χ2n) is 12.8. The fraction of sp³-hybridized carbons (Fsp3) is 0.958. The number of amides is 1. The highest BCUT2D eigenvalue weighted by molar-refractivity contribution is 7.90. The Hall–Kier alpha value is -2.01. The van der Waals surface area contributed by atoms with Gasteiger partial charge in [0.2, 0.25) is 0 Å². The molecule has 1 heterocycles. The van der Waals surface area contributed by atoms with E-state index in [1.54, 1.807) is 0 Å². The van der Waals surface area contributed by atoms with E-state index in [0.717, 1.165) is 38.5 Å². The summed E-state index contributed by atoms with van der Waals surface area (Å²) in [7, 11) is -7.39. The van der Waals surface area contributed by atoms with Gasteiger partial charge in [-0.15, -0.1) is 0 Å². The number of nitrogens with zero attached hydrogens (tertiary/aromatic N) is 2. The number of halogens is 17. The zero-order valence-electron chi connectivity index (χ0n) is 23.9. The van der Waals surface area contributed by atoms with Gasteiger partial charge in [0.25, 0.3) is 10.0 Å². The number of carbonyl (C=O) groups is 1. The second-order valence-corrected chi connectivity index (χ2v) is 14.8. The maximum atomic E-state index is 14.6. The zero-order chi connectivity index (χ0) is 36.9. The molecule has 24 heteroatoms. The van der Waals surface area contributed by atoms with Crippen LogP contribution in [0.1, 0.15) is 38.5 Å². The number of piperazine rings is 1. The van der Waals surface area contributed by atoms with Crippen LogP contribution in [0.25, 0.3) is 0 Å². The molecule has 0 spiro atoms. The number of sulfonamides is 1. The molecule has 5 fully saturated rings. The summed E-state index contributed by atoms with van der Waals surface area (Å²) in [5.41, 5.74) is -0.333. The van der Waals surface area contributed by atoms with E-state index in [1.165, 1.54) is 0 Å². The third-order valence-corrected chi connectivity index (χ3v) is 11.5. The summed E-state index contributed by atoms with van der Waals surface area (Å²) in [5.74, 6) is -50.6. The van der Waals surface area contributed by atoms with Gasteiger partial charge in [-0.25, -0.2) is 13.2 Å². The first kappa shape index (κ1) is 38.8. The lowest BCUT2D eigenvalue weighted by atomic mass is 9.50. The van der Waals surface area contributed by atoms with Crippen LogP contribution in [0.5, 0.6) is 0 Å². The molecule has 0 aromatic rings. The van der Waals surface area contributed by atoms with Gasteiger partial charge in [-0.3, -0.25) is 0 Å². The molecule has 0 N–H and O–H groups in total. The first-order chi connectivity index (χ1) is 21.3. The molecule has 5 rings (SSSR count). The Morgan fingerprint density at radius 3 is 1.31 bits per heavy atom. The van der Waals surface area contributed by atoms with Gasteiger partial charge >= 0.3 is 53.1 Å². The quantitative estimate of drug-likeness (QED) is 0.220. The molecule has 6 nitrogen and oxygen atoms in total. The fourth-order valence-electron chi connectivity index (χ4n) is 7.36. The highest BCUT2D eigenvalue weighted by atomic mass is 32.2. The van der Waals surface area contributed by atoms with Crippen LogP contribution in [0.2, 0.25) is 0 Å². The van der Waals surface area contributed by atoms with Crippen molar-refractivity contribution in [2.24, 2.45) is 23.2 Å². The number of rotatable bonds is 10. The monoisotopic (exact) mass is 760 g/mol. The van der Waals surface area contributed by atoms with Crippen molar-refractivity contribution in [2.75, 3.05) is 32.8 Å². The van der Waals surface area contributed by atoms with Crippen molar-refractivity contribution in [3.05, 3.63) is 0 Å². The van der Waals surface area contributed by atoms with Crippen molar-refractivity contribution < 1.29 is 92.6 Å². The molecule has 0 aromatic heterocycles. The Balaban J connectivity index is 1.48. The van der Waals surface area contributed by atoms with Gasteiger partial charge in [-0.05, 0) is 56.3 Å². The molecular weight excluding hydrogens is 735 g/mol. The van der Waals surface area contributed by atoms with Crippen molar-refractivity contribution in [3.8, 4) is 0 Å². The highest BCUT2D eigenvalue weighted by Gasteiger charge is 2.96. The van der Waals surface area contributed by atoms with E-state index in [4.69, 9.17) is 4.74 Å². The first-order valence-electron chi connectivity index (χ1n) is 14.0. The number of alkyl halides is 17. The topological polar surface area (TPSA) is 66.9 Å². The van der Waals surface area contributed by atoms with Crippen molar-refractivity contribution in [1.29, 1.82) is 0 Å². The minimum Gasteiger partial charge on any atom is -0.449 e.